The number of aromatic amines is 1. The van der Waals surface area contributed by atoms with Crippen molar-refractivity contribution in [2.75, 3.05) is 0 Å². The Balaban J connectivity index is 2.59. The number of terminal acetylenes is 1. The number of rotatable bonds is 1. The molecule has 4 nitrogen and oxygen atoms in total. The minimum Gasteiger partial charge on any atom is -0.250 e. The molecule has 0 bridgehead atoms. The van der Waals surface area contributed by atoms with Gasteiger partial charge in [0.1, 0.15) is 6.33 Å². The molecule has 0 spiro atoms. The molecule has 0 saturated heterocycles. The highest BCUT2D eigenvalue weighted by Crippen LogP contribution is 2.06. The molecule has 0 atom stereocenters. The van der Waals surface area contributed by atoms with Crippen LogP contribution in [-0.4, -0.2) is 14.8 Å². The van der Waals surface area contributed by atoms with Crippen molar-refractivity contribution in [2.24, 2.45) is 0 Å². The van der Waals surface area contributed by atoms with E-state index in [1.165, 1.54) is 10.9 Å². The molecule has 0 saturated carbocycles. The molecular weight excluding hydrogens is 178 g/mol. The molecule has 2 rings (SSSR count). The predicted molar refractivity (Wildman–Crippen MR) is 52.1 cm³/mol. The number of hydrogen-bond acceptors (Lipinski definition) is 2. The van der Waals surface area contributed by atoms with Crippen molar-refractivity contribution in [3.63, 3.8) is 0 Å². The van der Waals surface area contributed by atoms with E-state index in [1.807, 2.05) is 0 Å². The maximum atomic E-state index is 11.2. The van der Waals surface area contributed by atoms with Crippen LogP contribution < -0.4 is 5.69 Å². The van der Waals surface area contributed by atoms with E-state index in [1.54, 1.807) is 24.3 Å². The molecular formula is C10H7N3O. The first-order valence-corrected chi connectivity index (χ1v) is 4.00. The lowest BCUT2D eigenvalue weighted by Gasteiger charge is -1.99. The number of H-pyrrole nitrogens is 1. The van der Waals surface area contributed by atoms with E-state index in [0.29, 0.717) is 5.69 Å². The lowest BCUT2D eigenvalue weighted by Crippen LogP contribution is -2.13. The van der Waals surface area contributed by atoms with E-state index in [0.717, 1.165) is 5.56 Å². The smallest absolute Gasteiger partial charge is 0.250 e. The van der Waals surface area contributed by atoms with Gasteiger partial charge in [-0.1, -0.05) is 12.0 Å². The SMILES string of the molecule is C#Cc1cccc(-n2cn[nH]c2=O)c1. The van der Waals surface area contributed by atoms with Gasteiger partial charge in [-0.25, -0.2) is 14.5 Å². The zero-order valence-electron chi connectivity index (χ0n) is 7.27. The number of nitrogens with one attached hydrogen (secondary N) is 1. The summed E-state index contributed by atoms with van der Waals surface area (Å²) in [4.78, 5) is 11.2. The van der Waals surface area contributed by atoms with Gasteiger partial charge in [0.2, 0.25) is 0 Å². The van der Waals surface area contributed by atoms with Crippen LogP contribution in [0.2, 0.25) is 0 Å². The number of nitrogens with zero attached hydrogens (tertiary/aromatic N) is 2. The molecule has 1 aromatic heterocycles. The molecule has 0 aliphatic heterocycles. The zero-order chi connectivity index (χ0) is 9.97. The third-order valence-corrected chi connectivity index (χ3v) is 1.84. The average Bonchev–Trinajstić information content (AvgIpc) is 2.65. The summed E-state index contributed by atoms with van der Waals surface area (Å²) in [6.07, 6.45) is 6.66. The van der Waals surface area contributed by atoms with Gasteiger partial charge in [0.05, 0.1) is 5.69 Å². The predicted octanol–water partition coefficient (Wildman–Crippen LogP) is 0.542. The summed E-state index contributed by atoms with van der Waals surface area (Å²) in [7, 11) is 0. The van der Waals surface area contributed by atoms with Crippen molar-refractivity contribution >= 4 is 0 Å². The summed E-state index contributed by atoms with van der Waals surface area (Å²) in [5.74, 6) is 2.50. The molecule has 0 fully saturated rings. The number of benzene rings is 1. The molecule has 1 aromatic carbocycles. The van der Waals surface area contributed by atoms with Crippen molar-refractivity contribution in [1.29, 1.82) is 0 Å². The van der Waals surface area contributed by atoms with Gasteiger partial charge in [-0.15, -0.1) is 6.42 Å². The lowest BCUT2D eigenvalue weighted by atomic mass is 10.2. The van der Waals surface area contributed by atoms with Crippen LogP contribution in [0.25, 0.3) is 5.69 Å². The van der Waals surface area contributed by atoms with Crippen LogP contribution in [0, 0.1) is 12.3 Å². The minimum absolute atomic E-state index is 0.279. The molecule has 0 radical (unpaired) electrons. The molecule has 14 heavy (non-hydrogen) atoms. The summed E-state index contributed by atoms with van der Waals surface area (Å²) in [6.45, 7) is 0. The Kier molecular flexibility index (Phi) is 1.92. The fraction of sp³-hybridized carbons (Fsp3) is 0. The van der Waals surface area contributed by atoms with Gasteiger partial charge < -0.3 is 0 Å². The molecule has 1 heterocycles. The first-order valence-electron chi connectivity index (χ1n) is 4.00. The molecule has 0 amide bonds. The largest absolute Gasteiger partial charge is 0.347 e. The standard InChI is InChI=1S/C10H7N3O/c1-2-8-4-3-5-9(6-8)13-7-11-12-10(13)14/h1,3-7H,(H,12,14). The van der Waals surface area contributed by atoms with Crippen LogP contribution >= 0.6 is 0 Å². The van der Waals surface area contributed by atoms with Crippen molar-refractivity contribution in [3.8, 4) is 18.0 Å². The van der Waals surface area contributed by atoms with Gasteiger partial charge in [0.25, 0.3) is 0 Å². The molecule has 0 unspecified atom stereocenters. The van der Waals surface area contributed by atoms with Crippen LogP contribution in [0.4, 0.5) is 0 Å². The topological polar surface area (TPSA) is 50.7 Å². The van der Waals surface area contributed by atoms with Gasteiger partial charge in [0.15, 0.2) is 0 Å². The molecule has 0 aliphatic rings. The molecule has 68 valence electrons. The van der Waals surface area contributed by atoms with Gasteiger partial charge in [0, 0.05) is 5.56 Å². The normalized spacial score (nSPS) is 9.64. The highest BCUT2D eigenvalue weighted by molar-refractivity contribution is 5.42. The van der Waals surface area contributed by atoms with E-state index in [-0.39, 0.29) is 5.69 Å². The summed E-state index contributed by atoms with van der Waals surface area (Å²) in [5, 5.41) is 5.94. The van der Waals surface area contributed by atoms with Crippen LogP contribution in [0.15, 0.2) is 35.4 Å². The fourth-order valence-corrected chi connectivity index (χ4v) is 1.18. The lowest BCUT2D eigenvalue weighted by molar-refractivity contribution is 0.982. The second-order valence-electron chi connectivity index (χ2n) is 2.73. The molecule has 4 heteroatoms. The van der Waals surface area contributed by atoms with E-state index in [9.17, 15) is 4.79 Å². The second kappa shape index (κ2) is 3.23. The average molecular weight is 185 g/mol. The van der Waals surface area contributed by atoms with Crippen molar-refractivity contribution < 1.29 is 0 Å². The highest BCUT2D eigenvalue weighted by atomic mass is 16.1. The summed E-state index contributed by atoms with van der Waals surface area (Å²) < 4.78 is 1.39. The van der Waals surface area contributed by atoms with E-state index < -0.39 is 0 Å². The summed E-state index contributed by atoms with van der Waals surface area (Å²) >= 11 is 0. The number of hydrogen-bond donors (Lipinski definition) is 1. The van der Waals surface area contributed by atoms with Crippen molar-refractivity contribution in [3.05, 3.63) is 46.6 Å². The first-order chi connectivity index (χ1) is 6.81. The molecule has 1 N–H and O–H groups in total. The maximum Gasteiger partial charge on any atom is 0.347 e. The van der Waals surface area contributed by atoms with Crippen LogP contribution in [0.1, 0.15) is 5.56 Å². The third-order valence-electron chi connectivity index (χ3n) is 1.84. The monoisotopic (exact) mass is 185 g/mol. The summed E-state index contributed by atoms with van der Waals surface area (Å²) in [5.41, 5.74) is 1.16. The number of aromatic nitrogens is 3. The Hall–Kier alpha value is -2.28. The van der Waals surface area contributed by atoms with Crippen LogP contribution in [0.5, 0.6) is 0 Å². The Morgan fingerprint density at radius 2 is 2.36 bits per heavy atom. The Morgan fingerprint density at radius 1 is 1.50 bits per heavy atom. The highest BCUT2D eigenvalue weighted by Gasteiger charge is 2.00. The van der Waals surface area contributed by atoms with Gasteiger partial charge in [-0.3, -0.25) is 0 Å². The van der Waals surface area contributed by atoms with Crippen LogP contribution in [-0.2, 0) is 0 Å². The Morgan fingerprint density at radius 3 is 3.00 bits per heavy atom. The maximum absolute atomic E-state index is 11.2. The van der Waals surface area contributed by atoms with Gasteiger partial charge in [-0.05, 0) is 18.2 Å². The van der Waals surface area contributed by atoms with Gasteiger partial charge >= 0.3 is 5.69 Å². The molecule has 0 aliphatic carbocycles. The quantitative estimate of drug-likeness (QED) is 0.659. The van der Waals surface area contributed by atoms with Crippen molar-refractivity contribution in [1.82, 2.24) is 14.8 Å². The van der Waals surface area contributed by atoms with E-state index >= 15 is 0 Å². The third kappa shape index (κ3) is 1.31. The second-order valence-corrected chi connectivity index (χ2v) is 2.73. The first kappa shape index (κ1) is 8.32. The summed E-state index contributed by atoms with van der Waals surface area (Å²) in [6, 6.07) is 7.13. The van der Waals surface area contributed by atoms with Crippen LogP contribution in [0.3, 0.4) is 0 Å². The van der Waals surface area contributed by atoms with E-state index in [4.69, 9.17) is 6.42 Å². The molecule has 2 aromatic rings. The zero-order valence-corrected chi connectivity index (χ0v) is 7.27. The minimum atomic E-state index is -0.279. The van der Waals surface area contributed by atoms with Crippen molar-refractivity contribution in [2.45, 2.75) is 0 Å². The van der Waals surface area contributed by atoms with E-state index in [2.05, 4.69) is 16.1 Å². The Bertz CT molecular complexity index is 545. The van der Waals surface area contributed by atoms with Gasteiger partial charge in [-0.2, -0.15) is 5.10 Å². The Labute approximate surface area is 80.2 Å². The fourth-order valence-electron chi connectivity index (χ4n) is 1.18.